The first-order chi connectivity index (χ1) is 8.82. The molecule has 0 radical (unpaired) electrons. The highest BCUT2D eigenvalue weighted by molar-refractivity contribution is 9.10. The fraction of sp³-hybridized carbons (Fsp3) is 0.400. The van der Waals surface area contributed by atoms with Gasteiger partial charge in [-0.25, -0.2) is 4.98 Å². The van der Waals surface area contributed by atoms with E-state index in [0.29, 0.717) is 6.54 Å². The number of benzene rings is 1. The Hall–Kier alpha value is -0.710. The van der Waals surface area contributed by atoms with E-state index >= 15 is 0 Å². The predicted molar refractivity (Wildman–Crippen MR) is 86.6 cm³/mol. The lowest BCUT2D eigenvalue weighted by molar-refractivity contribution is 0.567. The van der Waals surface area contributed by atoms with Crippen LogP contribution >= 0.6 is 27.3 Å². The van der Waals surface area contributed by atoms with Crippen LogP contribution in [0.4, 0.5) is 0 Å². The zero-order valence-corrected chi connectivity index (χ0v) is 14.2. The Kier molecular flexibility index (Phi) is 4.14. The van der Waals surface area contributed by atoms with Gasteiger partial charge >= 0.3 is 0 Å². The maximum atomic E-state index is 5.86. The number of thiazole rings is 1. The van der Waals surface area contributed by atoms with Crippen LogP contribution in [0.3, 0.4) is 0 Å². The molecule has 2 nitrogen and oxygen atoms in total. The van der Waals surface area contributed by atoms with Gasteiger partial charge in [0.25, 0.3) is 0 Å². The lowest BCUT2D eigenvalue weighted by atomic mass is 9.91. The summed E-state index contributed by atoms with van der Waals surface area (Å²) in [5.74, 6) is 0. The van der Waals surface area contributed by atoms with Crippen LogP contribution in [0, 0.1) is 6.92 Å². The van der Waals surface area contributed by atoms with E-state index in [-0.39, 0.29) is 5.41 Å². The molecule has 4 heteroatoms. The van der Waals surface area contributed by atoms with Gasteiger partial charge in [0.2, 0.25) is 0 Å². The minimum Gasteiger partial charge on any atom is -0.326 e. The summed E-state index contributed by atoms with van der Waals surface area (Å²) < 4.78 is 1.09. The smallest absolute Gasteiger partial charge is 0.125 e. The highest BCUT2D eigenvalue weighted by Crippen LogP contribution is 2.37. The van der Waals surface area contributed by atoms with Crippen molar-refractivity contribution in [1.82, 2.24) is 4.98 Å². The second-order valence-corrected chi connectivity index (χ2v) is 7.67. The van der Waals surface area contributed by atoms with Gasteiger partial charge < -0.3 is 5.73 Å². The number of halogens is 1. The van der Waals surface area contributed by atoms with E-state index < -0.39 is 0 Å². The molecule has 2 rings (SSSR count). The molecular weight excluding hydrogens is 320 g/mol. The first-order valence-corrected chi connectivity index (χ1v) is 7.90. The van der Waals surface area contributed by atoms with Crippen LogP contribution in [0.25, 0.3) is 10.6 Å². The summed E-state index contributed by atoms with van der Waals surface area (Å²) in [7, 11) is 0. The Bertz CT molecular complexity index is 597. The van der Waals surface area contributed by atoms with Crippen molar-refractivity contribution in [3.63, 3.8) is 0 Å². The van der Waals surface area contributed by atoms with Crippen molar-refractivity contribution in [1.29, 1.82) is 0 Å². The van der Waals surface area contributed by atoms with E-state index in [1.807, 2.05) is 0 Å². The topological polar surface area (TPSA) is 38.9 Å². The maximum Gasteiger partial charge on any atom is 0.125 e. The Morgan fingerprint density at radius 1 is 1.32 bits per heavy atom. The molecule has 1 aromatic carbocycles. The average molecular weight is 339 g/mol. The van der Waals surface area contributed by atoms with Crippen molar-refractivity contribution in [3.8, 4) is 10.6 Å². The second-order valence-electron chi connectivity index (χ2n) is 5.73. The summed E-state index contributed by atoms with van der Waals surface area (Å²) in [4.78, 5) is 6.00. The minimum atomic E-state index is 0.0284. The molecule has 0 saturated carbocycles. The molecule has 1 heterocycles. The van der Waals surface area contributed by atoms with Crippen molar-refractivity contribution in [2.24, 2.45) is 5.73 Å². The van der Waals surface area contributed by atoms with Gasteiger partial charge in [0.15, 0.2) is 0 Å². The van der Waals surface area contributed by atoms with Crippen LogP contribution in [0.2, 0.25) is 0 Å². The summed E-state index contributed by atoms with van der Waals surface area (Å²) >= 11 is 5.32. The molecule has 0 spiro atoms. The highest BCUT2D eigenvalue weighted by Gasteiger charge is 2.23. The molecule has 0 fully saturated rings. The van der Waals surface area contributed by atoms with Gasteiger partial charge in [-0.15, -0.1) is 11.3 Å². The highest BCUT2D eigenvalue weighted by atomic mass is 79.9. The molecule has 0 bridgehead atoms. The van der Waals surface area contributed by atoms with E-state index in [1.165, 1.54) is 10.4 Å². The summed E-state index contributed by atoms with van der Waals surface area (Å²) in [5, 5.41) is 1.04. The molecule has 1 aromatic heterocycles. The predicted octanol–water partition coefficient (Wildman–Crippen LogP) is 4.64. The number of aryl methyl sites for hydroxylation is 1. The minimum absolute atomic E-state index is 0.0284. The van der Waals surface area contributed by atoms with E-state index in [0.717, 1.165) is 20.7 Å². The molecule has 2 aromatic rings. The standard InChI is InChI=1S/C15H19BrN2S/c1-9-5-6-10(11(16)7-9)14-18-13(15(2,3)4)12(8-17)19-14/h5-7H,8,17H2,1-4H3. The van der Waals surface area contributed by atoms with E-state index in [1.54, 1.807) is 11.3 Å². The van der Waals surface area contributed by atoms with Gasteiger partial charge in [-0.2, -0.15) is 0 Å². The third kappa shape index (κ3) is 3.07. The van der Waals surface area contributed by atoms with Crippen LogP contribution in [0.15, 0.2) is 22.7 Å². The molecule has 0 aliphatic rings. The molecule has 0 unspecified atom stereocenters. The van der Waals surface area contributed by atoms with Crippen LogP contribution in [0.1, 0.15) is 36.9 Å². The Morgan fingerprint density at radius 3 is 2.47 bits per heavy atom. The summed E-state index contributed by atoms with van der Waals surface area (Å²) in [6.45, 7) is 9.16. The van der Waals surface area contributed by atoms with E-state index in [2.05, 4.69) is 61.8 Å². The zero-order chi connectivity index (χ0) is 14.2. The average Bonchev–Trinajstić information content (AvgIpc) is 2.72. The Labute approximate surface area is 127 Å². The van der Waals surface area contributed by atoms with Crippen molar-refractivity contribution in [2.75, 3.05) is 0 Å². The summed E-state index contributed by atoms with van der Waals surface area (Å²) in [6.07, 6.45) is 0. The lowest BCUT2D eigenvalue weighted by Gasteiger charge is -2.16. The number of hydrogen-bond donors (Lipinski definition) is 1. The summed E-state index contributed by atoms with van der Waals surface area (Å²) in [5.41, 5.74) is 9.38. The van der Waals surface area contributed by atoms with Gasteiger partial charge in [0.1, 0.15) is 5.01 Å². The molecule has 0 atom stereocenters. The molecule has 19 heavy (non-hydrogen) atoms. The van der Waals surface area contributed by atoms with Crippen LogP contribution in [0.5, 0.6) is 0 Å². The molecule has 2 N–H and O–H groups in total. The van der Waals surface area contributed by atoms with Gasteiger partial charge in [0, 0.05) is 26.9 Å². The molecule has 0 saturated heterocycles. The first-order valence-electron chi connectivity index (χ1n) is 6.29. The van der Waals surface area contributed by atoms with E-state index in [4.69, 9.17) is 10.7 Å². The second kappa shape index (κ2) is 5.35. The normalized spacial score (nSPS) is 11.9. The van der Waals surface area contributed by atoms with Crippen molar-refractivity contribution in [3.05, 3.63) is 38.8 Å². The van der Waals surface area contributed by atoms with Crippen molar-refractivity contribution in [2.45, 2.75) is 39.7 Å². The zero-order valence-electron chi connectivity index (χ0n) is 11.7. The fourth-order valence-electron chi connectivity index (χ4n) is 1.98. The summed E-state index contributed by atoms with van der Waals surface area (Å²) in [6, 6.07) is 6.35. The maximum absolute atomic E-state index is 5.86. The molecular formula is C15H19BrN2S. The Morgan fingerprint density at radius 2 is 2.00 bits per heavy atom. The molecule has 0 amide bonds. The quantitative estimate of drug-likeness (QED) is 0.866. The Balaban J connectivity index is 2.55. The number of hydrogen-bond acceptors (Lipinski definition) is 3. The van der Waals surface area contributed by atoms with Crippen LogP contribution < -0.4 is 5.73 Å². The monoisotopic (exact) mass is 338 g/mol. The van der Waals surface area contributed by atoms with Gasteiger partial charge in [0.05, 0.1) is 5.69 Å². The van der Waals surface area contributed by atoms with Crippen LogP contribution in [-0.4, -0.2) is 4.98 Å². The third-order valence-corrected chi connectivity index (χ3v) is 4.72. The largest absolute Gasteiger partial charge is 0.326 e. The van der Waals surface area contributed by atoms with Gasteiger partial charge in [-0.1, -0.05) is 48.8 Å². The number of aromatic nitrogens is 1. The van der Waals surface area contributed by atoms with Gasteiger partial charge in [-0.3, -0.25) is 0 Å². The van der Waals surface area contributed by atoms with Gasteiger partial charge in [-0.05, 0) is 18.6 Å². The SMILES string of the molecule is Cc1ccc(-c2nc(C(C)(C)C)c(CN)s2)c(Br)c1. The van der Waals surface area contributed by atoms with E-state index in [9.17, 15) is 0 Å². The lowest BCUT2D eigenvalue weighted by Crippen LogP contribution is -2.15. The van der Waals surface area contributed by atoms with Crippen LogP contribution in [-0.2, 0) is 12.0 Å². The third-order valence-electron chi connectivity index (χ3n) is 2.95. The molecule has 0 aliphatic carbocycles. The first kappa shape index (κ1) is 14.7. The van der Waals surface area contributed by atoms with Crippen molar-refractivity contribution < 1.29 is 0 Å². The molecule has 0 aliphatic heterocycles. The van der Waals surface area contributed by atoms with Crippen molar-refractivity contribution >= 4 is 27.3 Å². The molecule has 102 valence electrons. The number of nitrogens with zero attached hydrogens (tertiary/aromatic N) is 1. The fourth-order valence-corrected chi connectivity index (χ4v) is 3.99. The number of rotatable bonds is 2. The number of nitrogens with two attached hydrogens (primary N) is 1.